The SMILES string of the molecule is NS(=O)(=O)c1ccc(-n2c(-c3ccc(Cl)cc3)nc(/C=C3\C=Nc4ccccc43)c2O)cc1. The molecule has 164 valence electrons. The van der Waals surface area contributed by atoms with Crippen molar-refractivity contribution in [3.63, 3.8) is 0 Å². The molecule has 0 spiro atoms. The number of aromatic hydroxyl groups is 1. The van der Waals surface area contributed by atoms with Gasteiger partial charge >= 0.3 is 0 Å². The number of sulfonamides is 1. The number of primary sulfonamides is 1. The number of para-hydroxylation sites is 1. The van der Waals surface area contributed by atoms with Crippen LogP contribution < -0.4 is 5.14 Å². The molecule has 0 fully saturated rings. The lowest BCUT2D eigenvalue weighted by atomic mass is 10.1. The number of benzene rings is 3. The highest BCUT2D eigenvalue weighted by molar-refractivity contribution is 7.89. The Bertz CT molecular complexity index is 1540. The van der Waals surface area contributed by atoms with Gasteiger partial charge in [-0.05, 0) is 60.7 Å². The van der Waals surface area contributed by atoms with E-state index in [1.54, 1.807) is 53.3 Å². The summed E-state index contributed by atoms with van der Waals surface area (Å²) in [4.78, 5) is 9.06. The lowest BCUT2D eigenvalue weighted by Crippen LogP contribution is -2.12. The molecular weight excluding hydrogens is 460 g/mol. The van der Waals surface area contributed by atoms with Gasteiger partial charge in [0.15, 0.2) is 0 Å². The predicted molar refractivity (Wildman–Crippen MR) is 130 cm³/mol. The molecule has 0 unspecified atom stereocenters. The number of nitrogens with two attached hydrogens (primary N) is 1. The summed E-state index contributed by atoms with van der Waals surface area (Å²) in [7, 11) is -3.84. The lowest BCUT2D eigenvalue weighted by Gasteiger charge is -2.10. The van der Waals surface area contributed by atoms with E-state index >= 15 is 0 Å². The third-order valence-corrected chi connectivity index (χ3v) is 6.44. The second-order valence-electron chi connectivity index (χ2n) is 7.40. The number of nitrogens with zero attached hydrogens (tertiary/aromatic N) is 3. The lowest BCUT2D eigenvalue weighted by molar-refractivity contribution is 0.442. The molecule has 33 heavy (non-hydrogen) atoms. The van der Waals surface area contributed by atoms with Gasteiger partial charge < -0.3 is 5.11 Å². The van der Waals surface area contributed by atoms with Gasteiger partial charge in [0, 0.05) is 27.9 Å². The fraction of sp³-hybridized carbons (Fsp3) is 0. The first-order valence-corrected chi connectivity index (χ1v) is 11.8. The zero-order valence-corrected chi connectivity index (χ0v) is 18.6. The minimum absolute atomic E-state index is 0.0278. The number of aromatic nitrogens is 2. The molecule has 9 heteroatoms. The van der Waals surface area contributed by atoms with Gasteiger partial charge in [0.05, 0.1) is 16.3 Å². The quantitative estimate of drug-likeness (QED) is 0.440. The van der Waals surface area contributed by atoms with Gasteiger partial charge in [-0.1, -0.05) is 29.8 Å². The first-order chi connectivity index (χ1) is 15.8. The van der Waals surface area contributed by atoms with Crippen LogP contribution in [0, 0.1) is 0 Å². The third-order valence-electron chi connectivity index (χ3n) is 5.25. The van der Waals surface area contributed by atoms with Gasteiger partial charge in [0.1, 0.15) is 11.5 Å². The second-order valence-corrected chi connectivity index (χ2v) is 9.40. The Hall–Kier alpha value is -3.72. The summed E-state index contributed by atoms with van der Waals surface area (Å²) in [5.41, 5.74) is 4.18. The first kappa shape index (κ1) is 21.1. The molecule has 1 aliphatic heterocycles. The van der Waals surface area contributed by atoms with Crippen molar-refractivity contribution in [3.05, 3.63) is 89.1 Å². The van der Waals surface area contributed by atoms with E-state index in [2.05, 4.69) is 9.98 Å². The highest BCUT2D eigenvalue weighted by atomic mass is 35.5. The molecule has 0 saturated heterocycles. The van der Waals surface area contributed by atoms with E-state index in [0.29, 0.717) is 22.2 Å². The van der Waals surface area contributed by atoms with Crippen LogP contribution in [0.3, 0.4) is 0 Å². The predicted octanol–water partition coefficient (Wildman–Crippen LogP) is 4.80. The summed E-state index contributed by atoms with van der Waals surface area (Å²) in [5, 5.41) is 16.9. The molecule has 7 nitrogen and oxygen atoms in total. The number of hydrogen-bond donors (Lipinski definition) is 2. The Balaban J connectivity index is 1.68. The molecule has 0 radical (unpaired) electrons. The Morgan fingerprint density at radius 2 is 1.67 bits per heavy atom. The average molecular weight is 477 g/mol. The van der Waals surface area contributed by atoms with Crippen molar-refractivity contribution in [2.75, 3.05) is 0 Å². The molecule has 4 aromatic rings. The van der Waals surface area contributed by atoms with E-state index in [4.69, 9.17) is 16.7 Å². The molecule has 1 aromatic heterocycles. The van der Waals surface area contributed by atoms with E-state index in [-0.39, 0.29) is 10.8 Å². The number of hydrogen-bond acceptors (Lipinski definition) is 5. The summed E-state index contributed by atoms with van der Waals surface area (Å²) in [6.07, 6.45) is 3.49. The molecule has 0 atom stereocenters. The number of fused-ring (bicyclic) bond motifs is 1. The van der Waals surface area contributed by atoms with Gasteiger partial charge in [-0.3, -0.25) is 9.56 Å². The number of imidazole rings is 1. The number of aliphatic imine (C=N–C) groups is 1. The fourth-order valence-corrected chi connectivity index (χ4v) is 4.29. The maximum absolute atomic E-state index is 11.6. The third kappa shape index (κ3) is 3.95. The van der Waals surface area contributed by atoms with Crippen LogP contribution in [0.1, 0.15) is 11.3 Å². The molecule has 1 aliphatic rings. The van der Waals surface area contributed by atoms with Gasteiger partial charge in [-0.15, -0.1) is 0 Å². The Morgan fingerprint density at radius 3 is 2.36 bits per heavy atom. The maximum Gasteiger partial charge on any atom is 0.238 e. The van der Waals surface area contributed by atoms with Crippen LogP contribution in [-0.2, 0) is 10.0 Å². The zero-order valence-electron chi connectivity index (χ0n) is 17.1. The van der Waals surface area contributed by atoms with Gasteiger partial charge in [-0.25, -0.2) is 18.5 Å². The van der Waals surface area contributed by atoms with E-state index in [0.717, 1.165) is 22.4 Å². The largest absolute Gasteiger partial charge is 0.493 e. The molecule has 3 N–H and O–H groups in total. The summed E-state index contributed by atoms with van der Waals surface area (Å²) in [6.45, 7) is 0. The minimum Gasteiger partial charge on any atom is -0.493 e. The standard InChI is InChI=1S/C24H17ClN4O3S/c25-17-7-5-15(6-8-17)23-28-22(13-16-14-27-21-4-2-1-3-20(16)21)24(30)29(23)18-9-11-19(12-10-18)33(26,31)32/h1-14,30H,(H2,26,31,32)/b16-13+. The minimum atomic E-state index is -3.84. The summed E-state index contributed by atoms with van der Waals surface area (Å²) < 4.78 is 24.8. The van der Waals surface area contributed by atoms with Crippen molar-refractivity contribution in [2.24, 2.45) is 10.1 Å². The van der Waals surface area contributed by atoms with Crippen molar-refractivity contribution in [3.8, 4) is 23.0 Å². The number of halogens is 1. The van der Waals surface area contributed by atoms with Crippen LogP contribution in [0.2, 0.25) is 5.02 Å². The molecule has 0 saturated carbocycles. The van der Waals surface area contributed by atoms with E-state index in [9.17, 15) is 13.5 Å². The average Bonchev–Trinajstić information content (AvgIpc) is 3.35. The van der Waals surface area contributed by atoms with Crippen LogP contribution in [0.4, 0.5) is 5.69 Å². The van der Waals surface area contributed by atoms with Gasteiger partial charge in [-0.2, -0.15) is 0 Å². The highest BCUT2D eigenvalue weighted by Gasteiger charge is 2.21. The van der Waals surface area contributed by atoms with E-state index in [1.165, 1.54) is 12.1 Å². The zero-order chi connectivity index (χ0) is 23.2. The Labute approximate surface area is 195 Å². The summed E-state index contributed by atoms with van der Waals surface area (Å²) in [6, 6.07) is 20.6. The van der Waals surface area contributed by atoms with Gasteiger partial charge in [0.2, 0.25) is 15.9 Å². The summed E-state index contributed by atoms with van der Waals surface area (Å²) >= 11 is 6.04. The van der Waals surface area contributed by atoms with E-state index in [1.807, 2.05) is 24.3 Å². The molecule has 0 aliphatic carbocycles. The van der Waals surface area contributed by atoms with Crippen molar-refractivity contribution in [1.29, 1.82) is 0 Å². The first-order valence-electron chi connectivity index (χ1n) is 9.87. The van der Waals surface area contributed by atoms with Crippen LogP contribution in [0.15, 0.2) is 82.7 Å². The van der Waals surface area contributed by atoms with Crippen LogP contribution in [0.25, 0.3) is 28.7 Å². The fourth-order valence-electron chi connectivity index (χ4n) is 3.65. The molecule has 0 amide bonds. The number of allylic oxidation sites excluding steroid dienone is 1. The van der Waals surface area contributed by atoms with Crippen molar-refractivity contribution in [2.45, 2.75) is 4.90 Å². The molecule has 0 bridgehead atoms. The van der Waals surface area contributed by atoms with Gasteiger partial charge in [0.25, 0.3) is 0 Å². The van der Waals surface area contributed by atoms with E-state index < -0.39 is 10.0 Å². The Morgan fingerprint density at radius 1 is 0.970 bits per heavy atom. The highest BCUT2D eigenvalue weighted by Crippen LogP contribution is 2.36. The molecule has 5 rings (SSSR count). The molecule has 3 aromatic carbocycles. The molecular formula is C24H17ClN4O3S. The van der Waals surface area contributed by atoms with Crippen LogP contribution in [-0.4, -0.2) is 29.3 Å². The second kappa shape index (κ2) is 8.00. The summed E-state index contributed by atoms with van der Waals surface area (Å²) in [5.74, 6) is 0.358. The molecule has 2 heterocycles. The Kier molecular flexibility index (Phi) is 5.13. The normalized spacial score (nSPS) is 14.1. The van der Waals surface area contributed by atoms with Crippen molar-refractivity contribution >= 4 is 45.2 Å². The number of rotatable bonds is 4. The smallest absolute Gasteiger partial charge is 0.238 e. The van der Waals surface area contributed by atoms with Crippen LogP contribution >= 0.6 is 11.6 Å². The van der Waals surface area contributed by atoms with Crippen LogP contribution in [0.5, 0.6) is 5.88 Å². The van der Waals surface area contributed by atoms with Crippen molar-refractivity contribution < 1.29 is 13.5 Å². The maximum atomic E-state index is 11.6. The van der Waals surface area contributed by atoms with Crippen molar-refractivity contribution in [1.82, 2.24) is 9.55 Å². The monoisotopic (exact) mass is 476 g/mol. The topological polar surface area (TPSA) is 111 Å².